The van der Waals surface area contributed by atoms with Crippen LogP contribution in [0.4, 0.5) is 0 Å². The molecule has 5 nitrogen and oxygen atoms in total. The summed E-state index contributed by atoms with van der Waals surface area (Å²) in [6, 6.07) is 9.67. The highest BCUT2D eigenvalue weighted by Gasteiger charge is 2.10. The number of ether oxygens (including phenoxy) is 4. The van der Waals surface area contributed by atoms with Crippen molar-refractivity contribution in [2.75, 3.05) is 34.5 Å². The van der Waals surface area contributed by atoms with Crippen molar-refractivity contribution in [1.29, 1.82) is 0 Å². The van der Waals surface area contributed by atoms with E-state index in [0.29, 0.717) is 29.7 Å². The summed E-state index contributed by atoms with van der Waals surface area (Å²) in [7, 11) is 4.88. The van der Waals surface area contributed by atoms with Crippen LogP contribution in [0.25, 0.3) is 0 Å². The number of hydrogen-bond acceptors (Lipinski definition) is 5. The predicted molar refractivity (Wildman–Crippen MR) is 104 cm³/mol. The van der Waals surface area contributed by atoms with Crippen molar-refractivity contribution < 1.29 is 18.9 Å². The van der Waals surface area contributed by atoms with Gasteiger partial charge in [0.05, 0.1) is 27.9 Å². The molecule has 0 atom stereocenters. The van der Waals surface area contributed by atoms with Gasteiger partial charge in [-0.1, -0.05) is 17.7 Å². The first-order valence-electron chi connectivity index (χ1n) is 8.53. The van der Waals surface area contributed by atoms with Gasteiger partial charge in [0.2, 0.25) is 0 Å². The van der Waals surface area contributed by atoms with Gasteiger partial charge in [0.1, 0.15) is 0 Å². The summed E-state index contributed by atoms with van der Waals surface area (Å²) in [6.45, 7) is 3.97. The molecule has 0 aliphatic heterocycles. The Morgan fingerprint density at radius 1 is 0.885 bits per heavy atom. The van der Waals surface area contributed by atoms with Gasteiger partial charge in [-0.2, -0.15) is 0 Å². The lowest BCUT2D eigenvalue weighted by Gasteiger charge is -2.14. The molecule has 2 aromatic carbocycles. The van der Waals surface area contributed by atoms with Crippen molar-refractivity contribution in [2.24, 2.45) is 0 Å². The average molecular weight is 380 g/mol. The lowest BCUT2D eigenvalue weighted by molar-refractivity contribution is 0.310. The van der Waals surface area contributed by atoms with Crippen molar-refractivity contribution >= 4 is 11.6 Å². The number of benzene rings is 2. The summed E-state index contributed by atoms with van der Waals surface area (Å²) in [4.78, 5) is 0. The third-order valence-electron chi connectivity index (χ3n) is 3.99. The molecular weight excluding hydrogens is 354 g/mol. The third kappa shape index (κ3) is 5.19. The van der Waals surface area contributed by atoms with Crippen LogP contribution in [0.5, 0.6) is 23.0 Å². The van der Waals surface area contributed by atoms with Crippen LogP contribution in [0, 0.1) is 0 Å². The van der Waals surface area contributed by atoms with E-state index in [9.17, 15) is 0 Å². The molecule has 0 aromatic heterocycles. The standard InChI is InChI=1S/C20H26ClNO4/c1-5-26-20-11-15(16(21)12-19(20)25-4)13-22-9-8-14-6-7-17(23-2)18(10-14)24-3/h6-7,10-12,22H,5,8-9,13H2,1-4H3. The molecule has 2 aromatic rings. The van der Waals surface area contributed by atoms with E-state index >= 15 is 0 Å². The Hall–Kier alpha value is -2.11. The molecule has 0 unspecified atom stereocenters. The molecule has 0 aliphatic carbocycles. The Balaban J connectivity index is 1.94. The van der Waals surface area contributed by atoms with Crippen LogP contribution in [0.1, 0.15) is 18.1 Å². The quantitative estimate of drug-likeness (QED) is 0.630. The van der Waals surface area contributed by atoms with Crippen LogP contribution < -0.4 is 24.3 Å². The number of methoxy groups -OCH3 is 3. The topological polar surface area (TPSA) is 49.0 Å². The Bertz CT molecular complexity index is 721. The summed E-state index contributed by atoms with van der Waals surface area (Å²) < 4.78 is 21.5. The molecule has 0 saturated heterocycles. The zero-order valence-electron chi connectivity index (χ0n) is 15.7. The lowest BCUT2D eigenvalue weighted by Crippen LogP contribution is -2.17. The van der Waals surface area contributed by atoms with Crippen LogP contribution in [-0.4, -0.2) is 34.5 Å². The Morgan fingerprint density at radius 3 is 2.23 bits per heavy atom. The normalized spacial score (nSPS) is 10.5. The number of rotatable bonds is 10. The average Bonchev–Trinajstić information content (AvgIpc) is 2.66. The van der Waals surface area contributed by atoms with Gasteiger partial charge in [0.15, 0.2) is 23.0 Å². The molecule has 6 heteroatoms. The van der Waals surface area contributed by atoms with Gasteiger partial charge in [-0.3, -0.25) is 0 Å². The Kier molecular flexibility index (Phi) is 7.88. The van der Waals surface area contributed by atoms with Crippen molar-refractivity contribution in [3.8, 4) is 23.0 Å². The maximum atomic E-state index is 6.34. The first kappa shape index (κ1) is 20.2. The van der Waals surface area contributed by atoms with Gasteiger partial charge in [0.25, 0.3) is 0 Å². The minimum Gasteiger partial charge on any atom is -0.493 e. The van der Waals surface area contributed by atoms with Crippen LogP contribution in [0.3, 0.4) is 0 Å². The van der Waals surface area contributed by atoms with Crippen molar-refractivity contribution in [1.82, 2.24) is 5.32 Å². The Labute approximate surface area is 160 Å². The van der Waals surface area contributed by atoms with E-state index in [0.717, 1.165) is 30.0 Å². The fourth-order valence-electron chi connectivity index (χ4n) is 2.63. The summed E-state index contributed by atoms with van der Waals surface area (Å²) in [5.74, 6) is 2.82. The highest BCUT2D eigenvalue weighted by molar-refractivity contribution is 6.31. The number of hydrogen-bond donors (Lipinski definition) is 1. The molecule has 26 heavy (non-hydrogen) atoms. The van der Waals surface area contributed by atoms with E-state index in [1.54, 1.807) is 27.4 Å². The first-order valence-corrected chi connectivity index (χ1v) is 8.91. The molecule has 0 radical (unpaired) electrons. The predicted octanol–water partition coefficient (Wildman–Crippen LogP) is 4.10. The van der Waals surface area contributed by atoms with E-state index < -0.39 is 0 Å². The van der Waals surface area contributed by atoms with Crippen molar-refractivity contribution in [3.05, 3.63) is 46.5 Å². The lowest BCUT2D eigenvalue weighted by atomic mass is 10.1. The second-order valence-corrected chi connectivity index (χ2v) is 6.05. The van der Waals surface area contributed by atoms with Crippen LogP contribution in [0.2, 0.25) is 5.02 Å². The molecule has 0 heterocycles. The molecular formula is C20H26ClNO4. The molecule has 0 aliphatic rings. The molecule has 0 spiro atoms. The van der Waals surface area contributed by atoms with Gasteiger partial charge in [-0.25, -0.2) is 0 Å². The van der Waals surface area contributed by atoms with Crippen LogP contribution >= 0.6 is 11.6 Å². The SMILES string of the molecule is CCOc1cc(CNCCc2ccc(OC)c(OC)c2)c(Cl)cc1OC. The van der Waals surface area contributed by atoms with E-state index in [4.69, 9.17) is 30.5 Å². The fraction of sp³-hybridized carbons (Fsp3) is 0.400. The molecule has 2 rings (SSSR count). The van der Waals surface area contributed by atoms with Crippen LogP contribution in [0.15, 0.2) is 30.3 Å². The highest BCUT2D eigenvalue weighted by Crippen LogP contribution is 2.33. The maximum Gasteiger partial charge on any atom is 0.162 e. The van der Waals surface area contributed by atoms with Crippen molar-refractivity contribution in [2.45, 2.75) is 19.9 Å². The smallest absolute Gasteiger partial charge is 0.162 e. The summed E-state index contributed by atoms with van der Waals surface area (Å²) >= 11 is 6.34. The van der Waals surface area contributed by atoms with Gasteiger partial charge >= 0.3 is 0 Å². The van der Waals surface area contributed by atoms with E-state index in [-0.39, 0.29) is 0 Å². The maximum absolute atomic E-state index is 6.34. The minimum absolute atomic E-state index is 0.574. The third-order valence-corrected chi connectivity index (χ3v) is 4.34. The minimum atomic E-state index is 0.574. The molecule has 142 valence electrons. The van der Waals surface area contributed by atoms with E-state index in [1.165, 1.54) is 5.56 Å². The van der Waals surface area contributed by atoms with Gasteiger partial charge in [-0.15, -0.1) is 0 Å². The molecule has 0 amide bonds. The second-order valence-electron chi connectivity index (χ2n) is 5.64. The molecule has 0 saturated carbocycles. The molecule has 1 N–H and O–H groups in total. The Morgan fingerprint density at radius 2 is 1.58 bits per heavy atom. The van der Waals surface area contributed by atoms with Crippen LogP contribution in [-0.2, 0) is 13.0 Å². The largest absolute Gasteiger partial charge is 0.493 e. The second kappa shape index (κ2) is 10.1. The fourth-order valence-corrected chi connectivity index (χ4v) is 2.85. The summed E-state index contributed by atoms with van der Waals surface area (Å²) in [5, 5.41) is 4.07. The first-order chi connectivity index (χ1) is 12.6. The van der Waals surface area contributed by atoms with Crippen molar-refractivity contribution in [3.63, 3.8) is 0 Å². The summed E-state index contributed by atoms with van der Waals surface area (Å²) in [5.41, 5.74) is 2.15. The zero-order chi connectivity index (χ0) is 18.9. The van der Waals surface area contributed by atoms with Gasteiger partial charge < -0.3 is 24.3 Å². The summed E-state index contributed by atoms with van der Waals surface area (Å²) in [6.07, 6.45) is 0.868. The zero-order valence-corrected chi connectivity index (χ0v) is 16.5. The van der Waals surface area contributed by atoms with E-state index in [1.807, 2.05) is 31.2 Å². The molecule has 0 bridgehead atoms. The number of nitrogens with one attached hydrogen (secondary N) is 1. The monoisotopic (exact) mass is 379 g/mol. The highest BCUT2D eigenvalue weighted by atomic mass is 35.5. The van der Waals surface area contributed by atoms with Gasteiger partial charge in [-0.05, 0) is 49.2 Å². The van der Waals surface area contributed by atoms with E-state index in [2.05, 4.69) is 5.32 Å². The number of halogens is 1. The molecule has 0 fully saturated rings. The van der Waals surface area contributed by atoms with Gasteiger partial charge in [0, 0.05) is 17.6 Å².